The molecule has 216 valence electrons. The van der Waals surface area contributed by atoms with Gasteiger partial charge in [-0.2, -0.15) is 0 Å². The Hall–Kier alpha value is -3.43. The second-order valence-electron chi connectivity index (χ2n) is 10.7. The molecule has 0 aromatic heterocycles. The highest BCUT2D eigenvalue weighted by molar-refractivity contribution is 5.79. The molecule has 9 nitrogen and oxygen atoms in total. The molecule has 2 aromatic rings. The normalized spacial score (nSPS) is 15.3. The topological polar surface area (TPSA) is 114 Å². The summed E-state index contributed by atoms with van der Waals surface area (Å²) in [5, 5.41) is 12.0. The molecule has 2 aliphatic rings. The number of ether oxygens (including phenoxy) is 3. The number of likely N-dealkylation sites (N-methyl/N-ethyl adjacent to an activating group) is 1. The fraction of sp³-hybridized carbons (Fsp3) is 0.516. The van der Waals surface area contributed by atoms with Crippen LogP contribution in [0.15, 0.2) is 48.5 Å². The van der Waals surface area contributed by atoms with Crippen molar-refractivity contribution in [3.05, 3.63) is 59.7 Å². The maximum atomic E-state index is 12.6. The van der Waals surface area contributed by atoms with Gasteiger partial charge in [0.25, 0.3) is 0 Å². The Balaban J connectivity index is 1.04. The summed E-state index contributed by atoms with van der Waals surface area (Å²) in [6.07, 6.45) is 3.40. The molecular formula is C31H40N2O7. The number of carbonyl (C=O) groups excluding carboxylic acids is 2. The Morgan fingerprint density at radius 2 is 1.50 bits per heavy atom. The smallest absolute Gasteiger partial charge is 0.407 e. The van der Waals surface area contributed by atoms with Crippen molar-refractivity contribution in [2.24, 2.45) is 5.41 Å². The van der Waals surface area contributed by atoms with Gasteiger partial charge < -0.3 is 29.5 Å². The molecule has 40 heavy (non-hydrogen) atoms. The van der Waals surface area contributed by atoms with Gasteiger partial charge in [0.2, 0.25) is 5.91 Å². The molecular weight excluding hydrogens is 512 g/mol. The predicted octanol–water partition coefficient (Wildman–Crippen LogP) is 4.44. The van der Waals surface area contributed by atoms with Crippen LogP contribution in [0.1, 0.15) is 55.6 Å². The number of nitrogens with one attached hydrogen (secondary N) is 1. The number of carboxylic acids is 1. The summed E-state index contributed by atoms with van der Waals surface area (Å²) < 4.78 is 16.6. The Morgan fingerprint density at radius 1 is 0.900 bits per heavy atom. The van der Waals surface area contributed by atoms with Crippen LogP contribution in [0.4, 0.5) is 4.79 Å². The fourth-order valence-corrected chi connectivity index (χ4v) is 5.84. The number of benzene rings is 2. The molecule has 0 radical (unpaired) electrons. The standard InChI is InChI=1S/C31H40N2O7/c1-33(28(34)20-31(21-29(35)36)12-6-7-13-31)15-17-39-19-18-38-16-14-32-30(37)40-22-27-25-10-4-2-8-23(25)24-9-3-5-11-26(24)27/h2-5,8-11,27H,6-7,12-22H2,1H3,(H,32,37)(H,35,36). The van der Waals surface area contributed by atoms with Gasteiger partial charge in [0, 0.05) is 32.5 Å². The molecule has 2 aliphatic carbocycles. The van der Waals surface area contributed by atoms with Crippen LogP contribution in [0.25, 0.3) is 11.1 Å². The van der Waals surface area contributed by atoms with Gasteiger partial charge in [0.05, 0.1) is 32.8 Å². The Kier molecular flexibility index (Phi) is 10.5. The predicted molar refractivity (Wildman–Crippen MR) is 150 cm³/mol. The molecule has 0 atom stereocenters. The number of fused-ring (bicyclic) bond motifs is 3. The number of amides is 2. The zero-order valence-corrected chi connectivity index (χ0v) is 23.2. The third kappa shape index (κ3) is 7.82. The van der Waals surface area contributed by atoms with Crippen molar-refractivity contribution in [2.45, 2.75) is 44.4 Å². The number of alkyl carbamates (subject to hydrolysis) is 1. The summed E-state index contributed by atoms with van der Waals surface area (Å²) >= 11 is 0. The molecule has 9 heteroatoms. The molecule has 0 aliphatic heterocycles. The highest BCUT2D eigenvalue weighted by atomic mass is 16.6. The van der Waals surface area contributed by atoms with Crippen LogP contribution in [0.3, 0.4) is 0 Å². The van der Waals surface area contributed by atoms with Gasteiger partial charge in [-0.3, -0.25) is 9.59 Å². The first kappa shape index (κ1) is 29.6. The summed E-state index contributed by atoms with van der Waals surface area (Å²) in [5.41, 5.74) is 4.32. The van der Waals surface area contributed by atoms with Crippen LogP contribution in [0, 0.1) is 5.41 Å². The number of aliphatic carboxylic acids is 1. The minimum Gasteiger partial charge on any atom is -0.481 e. The first-order chi connectivity index (χ1) is 19.4. The number of rotatable bonds is 15. The SMILES string of the molecule is CN(CCOCCOCCNC(=O)OCC1c2ccccc2-c2ccccc21)C(=O)CC1(CC(=O)O)CCCC1. The van der Waals surface area contributed by atoms with Gasteiger partial charge in [-0.15, -0.1) is 0 Å². The average molecular weight is 553 g/mol. The Morgan fingerprint density at radius 3 is 2.12 bits per heavy atom. The maximum absolute atomic E-state index is 12.6. The van der Waals surface area contributed by atoms with E-state index in [4.69, 9.17) is 14.2 Å². The van der Waals surface area contributed by atoms with Crippen molar-refractivity contribution in [3.63, 3.8) is 0 Å². The van der Waals surface area contributed by atoms with Gasteiger partial charge in [-0.05, 0) is 40.5 Å². The Bertz CT molecular complexity index is 1120. The highest BCUT2D eigenvalue weighted by Crippen LogP contribution is 2.45. The molecule has 0 saturated heterocycles. The average Bonchev–Trinajstić information content (AvgIpc) is 3.52. The zero-order chi connectivity index (χ0) is 28.4. The van der Waals surface area contributed by atoms with Crippen LogP contribution >= 0.6 is 0 Å². The lowest BCUT2D eigenvalue weighted by Crippen LogP contribution is -2.35. The van der Waals surface area contributed by atoms with E-state index in [9.17, 15) is 19.5 Å². The van der Waals surface area contributed by atoms with Crippen LogP contribution < -0.4 is 5.32 Å². The monoisotopic (exact) mass is 552 g/mol. The first-order valence-electron chi connectivity index (χ1n) is 14.1. The maximum Gasteiger partial charge on any atom is 0.407 e. The molecule has 0 spiro atoms. The number of hydrogen-bond acceptors (Lipinski definition) is 6. The van der Waals surface area contributed by atoms with Crippen molar-refractivity contribution in [1.82, 2.24) is 10.2 Å². The van der Waals surface area contributed by atoms with Crippen molar-refractivity contribution >= 4 is 18.0 Å². The van der Waals surface area contributed by atoms with Crippen molar-refractivity contribution < 1.29 is 33.7 Å². The van der Waals surface area contributed by atoms with Crippen molar-refractivity contribution in [1.29, 1.82) is 0 Å². The van der Waals surface area contributed by atoms with E-state index in [-0.39, 0.29) is 31.3 Å². The van der Waals surface area contributed by atoms with E-state index >= 15 is 0 Å². The molecule has 0 heterocycles. The van der Waals surface area contributed by atoms with E-state index in [1.807, 2.05) is 24.3 Å². The second-order valence-corrected chi connectivity index (χ2v) is 10.7. The highest BCUT2D eigenvalue weighted by Gasteiger charge is 2.38. The number of hydrogen-bond donors (Lipinski definition) is 2. The van der Waals surface area contributed by atoms with Crippen LogP contribution in [0.5, 0.6) is 0 Å². The number of carboxylic acid groups (broad SMARTS) is 1. The summed E-state index contributed by atoms with van der Waals surface area (Å²) in [7, 11) is 1.72. The minimum atomic E-state index is -0.839. The van der Waals surface area contributed by atoms with Gasteiger partial charge in [0.1, 0.15) is 6.61 Å². The Labute approximate surface area is 235 Å². The molecule has 2 amide bonds. The third-order valence-electron chi connectivity index (χ3n) is 7.94. The van der Waals surface area contributed by atoms with E-state index in [1.165, 1.54) is 22.3 Å². The summed E-state index contributed by atoms with van der Waals surface area (Å²) in [6.45, 7) is 2.47. The van der Waals surface area contributed by atoms with Crippen molar-refractivity contribution in [2.75, 3.05) is 53.2 Å². The van der Waals surface area contributed by atoms with Gasteiger partial charge in [0.15, 0.2) is 0 Å². The molecule has 2 N–H and O–H groups in total. The summed E-state index contributed by atoms with van der Waals surface area (Å²) in [6, 6.07) is 16.4. The van der Waals surface area contributed by atoms with Gasteiger partial charge >= 0.3 is 12.1 Å². The largest absolute Gasteiger partial charge is 0.481 e. The number of carbonyl (C=O) groups is 3. The van der Waals surface area contributed by atoms with Crippen LogP contribution in [-0.4, -0.2) is 81.1 Å². The molecule has 0 bridgehead atoms. The van der Waals surface area contributed by atoms with E-state index in [1.54, 1.807) is 11.9 Å². The van der Waals surface area contributed by atoms with E-state index in [0.717, 1.165) is 25.7 Å². The van der Waals surface area contributed by atoms with E-state index in [0.29, 0.717) is 39.5 Å². The molecule has 2 aromatic carbocycles. The lowest BCUT2D eigenvalue weighted by Gasteiger charge is -2.29. The minimum absolute atomic E-state index is 0.0226. The fourth-order valence-electron chi connectivity index (χ4n) is 5.84. The molecule has 1 fully saturated rings. The van der Waals surface area contributed by atoms with E-state index in [2.05, 4.69) is 29.6 Å². The van der Waals surface area contributed by atoms with Crippen molar-refractivity contribution in [3.8, 4) is 11.1 Å². The van der Waals surface area contributed by atoms with Crippen LogP contribution in [0.2, 0.25) is 0 Å². The van der Waals surface area contributed by atoms with Crippen LogP contribution in [-0.2, 0) is 23.8 Å². The first-order valence-corrected chi connectivity index (χ1v) is 14.1. The summed E-state index contributed by atoms with van der Waals surface area (Å²) in [4.78, 5) is 37.7. The zero-order valence-electron chi connectivity index (χ0n) is 23.2. The second kappa shape index (κ2) is 14.3. The molecule has 0 unspecified atom stereocenters. The van der Waals surface area contributed by atoms with E-state index < -0.39 is 17.5 Å². The van der Waals surface area contributed by atoms with Gasteiger partial charge in [-0.25, -0.2) is 4.79 Å². The molecule has 4 rings (SSSR count). The van der Waals surface area contributed by atoms with Gasteiger partial charge in [-0.1, -0.05) is 61.4 Å². The lowest BCUT2D eigenvalue weighted by atomic mass is 9.79. The number of nitrogens with zero attached hydrogens (tertiary/aromatic N) is 1. The lowest BCUT2D eigenvalue weighted by molar-refractivity contribution is -0.141. The third-order valence-corrected chi connectivity index (χ3v) is 7.94. The molecule has 1 saturated carbocycles. The summed E-state index contributed by atoms with van der Waals surface area (Å²) in [5.74, 6) is -0.856. The quantitative estimate of drug-likeness (QED) is 0.314.